The van der Waals surface area contributed by atoms with Gasteiger partial charge in [-0.05, 0) is 56.3 Å². The molecule has 1 amide bonds. The maximum Gasteiger partial charge on any atom is 0.235 e. The Hall–Kier alpha value is -2.12. The molecule has 1 spiro atoms. The molecule has 0 bridgehead atoms. The normalized spacial score (nSPS) is 20.8. The molecule has 1 saturated carbocycles. The van der Waals surface area contributed by atoms with Crippen molar-refractivity contribution in [3.05, 3.63) is 34.3 Å². The van der Waals surface area contributed by atoms with Crippen molar-refractivity contribution in [1.82, 2.24) is 9.88 Å². The Balaban J connectivity index is 1.36. The van der Waals surface area contributed by atoms with Crippen LogP contribution in [0.3, 0.4) is 0 Å². The van der Waals surface area contributed by atoms with Crippen LogP contribution in [0.1, 0.15) is 36.3 Å². The number of amides is 1. The summed E-state index contributed by atoms with van der Waals surface area (Å²) in [5.74, 6) is 2.23. The second-order valence-electron chi connectivity index (χ2n) is 8.04. The first-order chi connectivity index (χ1) is 13.7. The van der Waals surface area contributed by atoms with Crippen LogP contribution in [0.4, 0.5) is 5.69 Å². The molecule has 0 atom stereocenters. The van der Waals surface area contributed by atoms with Crippen LogP contribution in [-0.2, 0) is 16.8 Å². The lowest BCUT2D eigenvalue weighted by Crippen LogP contribution is -2.46. The Morgan fingerprint density at radius 2 is 2.11 bits per heavy atom. The molecule has 28 heavy (non-hydrogen) atoms. The van der Waals surface area contributed by atoms with Gasteiger partial charge in [-0.15, -0.1) is 11.3 Å². The van der Waals surface area contributed by atoms with E-state index in [0.29, 0.717) is 5.92 Å². The van der Waals surface area contributed by atoms with Gasteiger partial charge >= 0.3 is 0 Å². The van der Waals surface area contributed by atoms with Gasteiger partial charge in [0.2, 0.25) is 5.91 Å². The average molecular weight is 400 g/mol. The third kappa shape index (κ3) is 3.16. The Bertz CT molecular complexity index is 871. The van der Waals surface area contributed by atoms with E-state index in [1.54, 1.807) is 18.4 Å². The van der Waals surface area contributed by atoms with E-state index in [9.17, 15) is 4.79 Å². The van der Waals surface area contributed by atoms with Gasteiger partial charge in [-0.25, -0.2) is 4.98 Å². The van der Waals surface area contributed by atoms with Crippen molar-refractivity contribution in [3.63, 3.8) is 0 Å². The smallest absolute Gasteiger partial charge is 0.235 e. The number of methoxy groups -OCH3 is 1. The number of carbonyl (C=O) groups is 1. The number of ether oxygens (including phenoxy) is 2. The van der Waals surface area contributed by atoms with E-state index in [0.717, 1.165) is 66.8 Å². The summed E-state index contributed by atoms with van der Waals surface area (Å²) in [5, 5.41) is 6.25. The van der Waals surface area contributed by atoms with Gasteiger partial charge in [-0.2, -0.15) is 0 Å². The van der Waals surface area contributed by atoms with Crippen LogP contribution in [0, 0.1) is 5.92 Å². The fraction of sp³-hybridized carbons (Fsp3) is 0.524. The van der Waals surface area contributed by atoms with Crippen molar-refractivity contribution >= 4 is 22.9 Å². The van der Waals surface area contributed by atoms with Crippen molar-refractivity contribution in [2.24, 2.45) is 5.92 Å². The summed E-state index contributed by atoms with van der Waals surface area (Å²) in [4.78, 5) is 19.8. The van der Waals surface area contributed by atoms with Gasteiger partial charge in [-0.1, -0.05) is 0 Å². The topological polar surface area (TPSA) is 63.7 Å². The van der Waals surface area contributed by atoms with Crippen LogP contribution in [0.25, 0.3) is 0 Å². The highest BCUT2D eigenvalue weighted by Gasteiger charge is 2.49. The van der Waals surface area contributed by atoms with Crippen LogP contribution in [0.5, 0.6) is 11.5 Å². The SMILES string of the molecule is COc1cc2c(cc1OCC1CC1)NC(=O)C21CCN(Cc2nccs2)CC1. The van der Waals surface area contributed by atoms with Gasteiger partial charge in [-0.3, -0.25) is 9.69 Å². The molecule has 6 nitrogen and oxygen atoms in total. The number of benzene rings is 1. The van der Waals surface area contributed by atoms with Gasteiger partial charge in [0.05, 0.1) is 25.7 Å². The van der Waals surface area contributed by atoms with Crippen LogP contribution in [-0.4, -0.2) is 42.6 Å². The number of fused-ring (bicyclic) bond motifs is 2. The zero-order chi connectivity index (χ0) is 19.1. The number of hydrogen-bond acceptors (Lipinski definition) is 6. The first-order valence-electron chi connectivity index (χ1n) is 9.95. The van der Waals surface area contributed by atoms with Crippen molar-refractivity contribution in [3.8, 4) is 11.5 Å². The first-order valence-corrected chi connectivity index (χ1v) is 10.8. The van der Waals surface area contributed by atoms with Crippen molar-refractivity contribution in [2.75, 3.05) is 32.1 Å². The van der Waals surface area contributed by atoms with Crippen LogP contribution < -0.4 is 14.8 Å². The highest BCUT2D eigenvalue weighted by Crippen LogP contribution is 2.49. The molecule has 2 aromatic rings. The molecule has 1 aromatic carbocycles. The minimum atomic E-state index is -0.461. The molecule has 2 fully saturated rings. The summed E-state index contributed by atoms with van der Waals surface area (Å²) in [6.07, 6.45) is 5.95. The molecule has 1 aromatic heterocycles. The monoisotopic (exact) mass is 399 g/mol. The predicted octanol–water partition coefficient (Wildman–Crippen LogP) is 3.43. The fourth-order valence-electron chi connectivity index (χ4n) is 4.30. The second kappa shape index (κ2) is 7.04. The molecule has 0 radical (unpaired) electrons. The minimum absolute atomic E-state index is 0.109. The van der Waals surface area contributed by atoms with E-state index in [2.05, 4.69) is 15.2 Å². The zero-order valence-electron chi connectivity index (χ0n) is 16.1. The molecule has 3 heterocycles. The summed E-state index contributed by atoms with van der Waals surface area (Å²) in [6, 6.07) is 3.97. The number of carbonyl (C=O) groups excluding carboxylic acids is 1. The largest absolute Gasteiger partial charge is 0.493 e. The molecule has 1 saturated heterocycles. The quantitative estimate of drug-likeness (QED) is 0.806. The maximum atomic E-state index is 13.0. The van der Waals surface area contributed by atoms with E-state index >= 15 is 0 Å². The Morgan fingerprint density at radius 1 is 1.29 bits per heavy atom. The number of hydrogen-bond donors (Lipinski definition) is 1. The van der Waals surface area contributed by atoms with E-state index in [1.165, 1.54) is 12.8 Å². The number of aromatic nitrogens is 1. The van der Waals surface area contributed by atoms with Crippen molar-refractivity contribution in [2.45, 2.75) is 37.6 Å². The predicted molar refractivity (Wildman–Crippen MR) is 108 cm³/mol. The molecule has 5 rings (SSSR count). The van der Waals surface area contributed by atoms with Gasteiger partial charge in [0.1, 0.15) is 5.01 Å². The summed E-state index contributed by atoms with van der Waals surface area (Å²) in [7, 11) is 1.67. The summed E-state index contributed by atoms with van der Waals surface area (Å²) in [5.41, 5.74) is 1.48. The summed E-state index contributed by atoms with van der Waals surface area (Å²) in [6.45, 7) is 3.35. The van der Waals surface area contributed by atoms with E-state index in [1.807, 2.05) is 23.7 Å². The van der Waals surface area contributed by atoms with Crippen molar-refractivity contribution < 1.29 is 14.3 Å². The molecule has 7 heteroatoms. The number of likely N-dealkylation sites (tertiary alicyclic amines) is 1. The lowest BCUT2D eigenvalue weighted by molar-refractivity contribution is -0.122. The number of anilines is 1. The maximum absolute atomic E-state index is 13.0. The third-order valence-electron chi connectivity index (χ3n) is 6.23. The van der Waals surface area contributed by atoms with E-state index < -0.39 is 5.41 Å². The molecule has 1 N–H and O–H groups in total. The fourth-order valence-corrected chi connectivity index (χ4v) is 4.96. The highest BCUT2D eigenvalue weighted by molar-refractivity contribution is 7.09. The standard InChI is InChI=1S/C21H25N3O3S/c1-26-17-10-15-16(11-18(17)27-13-14-2-3-14)23-20(25)21(15)4-7-24(8-5-21)12-19-22-6-9-28-19/h6,9-11,14H,2-5,7-8,12-13H2,1H3,(H,23,25). The van der Waals surface area contributed by atoms with Crippen LogP contribution in [0.2, 0.25) is 0 Å². The van der Waals surface area contributed by atoms with Gasteiger partial charge in [0.25, 0.3) is 0 Å². The third-order valence-corrected chi connectivity index (χ3v) is 6.99. The molecule has 3 aliphatic rings. The lowest BCUT2D eigenvalue weighted by atomic mass is 9.73. The second-order valence-corrected chi connectivity index (χ2v) is 9.02. The number of nitrogens with zero attached hydrogens (tertiary/aromatic N) is 2. The first kappa shape index (κ1) is 17.9. The minimum Gasteiger partial charge on any atom is -0.493 e. The van der Waals surface area contributed by atoms with E-state index in [4.69, 9.17) is 9.47 Å². The Labute approximate surface area is 168 Å². The summed E-state index contributed by atoms with van der Waals surface area (Å²) >= 11 is 1.68. The molecule has 148 valence electrons. The molecule has 2 aliphatic heterocycles. The number of thiazole rings is 1. The molecular weight excluding hydrogens is 374 g/mol. The van der Waals surface area contributed by atoms with Gasteiger partial charge < -0.3 is 14.8 Å². The van der Waals surface area contributed by atoms with Gasteiger partial charge in [0.15, 0.2) is 11.5 Å². The summed E-state index contributed by atoms with van der Waals surface area (Å²) < 4.78 is 11.6. The number of rotatable bonds is 6. The highest BCUT2D eigenvalue weighted by atomic mass is 32.1. The van der Waals surface area contributed by atoms with E-state index in [-0.39, 0.29) is 5.91 Å². The number of nitrogens with one attached hydrogen (secondary N) is 1. The molecular formula is C21H25N3O3S. The molecule has 1 aliphatic carbocycles. The Kier molecular flexibility index (Phi) is 4.51. The van der Waals surface area contributed by atoms with Crippen molar-refractivity contribution in [1.29, 1.82) is 0 Å². The number of piperidine rings is 1. The lowest BCUT2D eigenvalue weighted by Gasteiger charge is -2.37. The zero-order valence-corrected chi connectivity index (χ0v) is 16.9. The Morgan fingerprint density at radius 3 is 2.79 bits per heavy atom. The average Bonchev–Trinajstić information content (AvgIpc) is 3.34. The van der Waals surface area contributed by atoms with Crippen LogP contribution in [0.15, 0.2) is 23.7 Å². The van der Waals surface area contributed by atoms with Crippen LogP contribution >= 0.6 is 11.3 Å². The van der Waals surface area contributed by atoms with Gasteiger partial charge in [0, 0.05) is 23.3 Å². The molecule has 0 unspecified atom stereocenters.